The van der Waals surface area contributed by atoms with Crippen LogP contribution in [0.25, 0.3) is 0 Å². The van der Waals surface area contributed by atoms with E-state index < -0.39 is 35.4 Å². The number of aliphatic hydroxyl groups excluding tert-OH is 2. The third-order valence-corrected chi connectivity index (χ3v) is 14.2. The minimum absolute atomic E-state index is 0.0608. The van der Waals surface area contributed by atoms with Gasteiger partial charge in [-0.1, -0.05) is 46.6 Å². The van der Waals surface area contributed by atoms with Gasteiger partial charge in [0.05, 0.1) is 50.1 Å². The molecule has 0 radical (unpaired) electrons. The fraction of sp³-hybridized carbons (Fsp3) is 0.574. The van der Waals surface area contributed by atoms with Crippen LogP contribution in [0.4, 0.5) is 0 Å². The summed E-state index contributed by atoms with van der Waals surface area (Å²) in [5, 5.41) is 48.2. The number of aliphatic hydroxyl groups is 2. The summed E-state index contributed by atoms with van der Waals surface area (Å²) in [5.74, 6) is -0.240. The van der Waals surface area contributed by atoms with Crippen LogP contribution in [-0.4, -0.2) is 104 Å². The highest BCUT2D eigenvalue weighted by Gasteiger charge is 2.46. The zero-order valence-corrected chi connectivity index (χ0v) is 41.3. The average molecular weight is 926 g/mol. The Balaban J connectivity index is 1.15. The van der Waals surface area contributed by atoms with E-state index in [4.69, 9.17) is 14.2 Å². The van der Waals surface area contributed by atoms with Crippen LogP contribution in [0.15, 0.2) is 58.7 Å². The Kier molecular flexibility index (Phi) is 16.8. The van der Waals surface area contributed by atoms with Crippen molar-refractivity contribution >= 4 is 17.8 Å². The van der Waals surface area contributed by atoms with Gasteiger partial charge in [0.1, 0.15) is 34.2 Å². The molecule has 6 rings (SSSR count). The number of esters is 1. The number of amides is 2. The topological polar surface area (TPSA) is 178 Å². The standard InChI is InChI=1S/C54H75N3O10/c1-33(2)15-10-17-35(5)19-12-22-53(7)46(60)27-40-44(58)25-38-42(49(40)66-53)31-56(51(38)63)24-14-21-37(29-55-30-48(62)65-9)57-32-43-39(52(57)64)26-45(59)41-28-47(61)54(8,67-50(41)43)23-13-20-36(6)18-11-16-34(3)4/h15-16,19-20,25-26,37,46-47,55,58-61H,10-14,17-18,21-24,27-32H2,1-9H3/b35-19+,36-20+/t37-,46-,47-,53+,54+/m0/s1. The molecule has 13 nitrogen and oxygen atoms in total. The van der Waals surface area contributed by atoms with E-state index in [1.54, 1.807) is 9.80 Å². The van der Waals surface area contributed by atoms with Gasteiger partial charge in [-0.2, -0.15) is 0 Å². The molecule has 67 heavy (non-hydrogen) atoms. The molecule has 0 unspecified atom stereocenters. The van der Waals surface area contributed by atoms with E-state index in [0.29, 0.717) is 89.9 Å². The van der Waals surface area contributed by atoms with Crippen molar-refractivity contribution in [2.45, 2.75) is 175 Å². The van der Waals surface area contributed by atoms with Gasteiger partial charge >= 0.3 is 5.97 Å². The number of hydrogen-bond acceptors (Lipinski definition) is 11. The molecule has 2 aromatic carbocycles. The molecule has 0 spiro atoms. The van der Waals surface area contributed by atoms with Gasteiger partial charge in [-0.05, 0) is 132 Å². The average Bonchev–Trinajstić information content (AvgIpc) is 3.76. The first-order chi connectivity index (χ1) is 31.7. The number of hydrogen-bond donors (Lipinski definition) is 5. The molecule has 0 bridgehead atoms. The Morgan fingerprint density at radius 3 is 1.75 bits per heavy atom. The number of allylic oxidation sites excluding steroid dienone is 8. The van der Waals surface area contributed by atoms with Crippen LogP contribution in [0.3, 0.4) is 0 Å². The first-order valence-electron chi connectivity index (χ1n) is 24.2. The van der Waals surface area contributed by atoms with Crippen molar-refractivity contribution in [3.63, 3.8) is 0 Å². The summed E-state index contributed by atoms with van der Waals surface area (Å²) in [7, 11) is 1.31. The molecular weight excluding hydrogens is 851 g/mol. The van der Waals surface area contributed by atoms with E-state index in [2.05, 4.69) is 71.2 Å². The van der Waals surface area contributed by atoms with Crippen molar-refractivity contribution < 1.29 is 49.0 Å². The minimum Gasteiger partial charge on any atom is -0.508 e. The zero-order valence-electron chi connectivity index (χ0n) is 41.3. The molecule has 5 atom stereocenters. The molecule has 2 amide bonds. The molecule has 0 fully saturated rings. The molecule has 13 heteroatoms. The number of fused-ring (bicyclic) bond motifs is 6. The molecule has 0 aliphatic carbocycles. The molecule has 4 aliphatic heterocycles. The lowest BCUT2D eigenvalue weighted by Gasteiger charge is -2.41. The lowest BCUT2D eigenvalue weighted by molar-refractivity contribution is -0.139. The molecule has 4 aliphatic rings. The number of aromatic hydroxyl groups is 2. The number of carbonyl (C=O) groups excluding carboxylic acids is 3. The lowest BCUT2D eigenvalue weighted by atomic mass is 9.84. The Labute approximate surface area is 397 Å². The Morgan fingerprint density at radius 2 is 1.25 bits per heavy atom. The van der Waals surface area contributed by atoms with Crippen molar-refractivity contribution in [3.8, 4) is 23.0 Å². The highest BCUT2D eigenvalue weighted by atomic mass is 16.5. The van der Waals surface area contributed by atoms with E-state index in [1.807, 2.05) is 13.8 Å². The maximum atomic E-state index is 14.3. The molecular formula is C54H75N3O10. The molecule has 0 saturated carbocycles. The van der Waals surface area contributed by atoms with Crippen LogP contribution in [0.1, 0.15) is 163 Å². The van der Waals surface area contributed by atoms with Crippen LogP contribution >= 0.6 is 0 Å². The maximum Gasteiger partial charge on any atom is 0.319 e. The Bertz CT molecular complexity index is 2310. The number of phenols is 2. The third-order valence-electron chi connectivity index (χ3n) is 14.2. The van der Waals surface area contributed by atoms with Gasteiger partial charge in [0.15, 0.2) is 0 Å². The molecule has 2 aromatic rings. The number of carbonyl (C=O) groups is 3. The summed E-state index contributed by atoms with van der Waals surface area (Å²) in [4.78, 5) is 43.9. The first kappa shape index (κ1) is 51.3. The number of ether oxygens (including phenoxy) is 3. The summed E-state index contributed by atoms with van der Waals surface area (Å²) in [5.41, 5.74) is 6.28. The summed E-state index contributed by atoms with van der Waals surface area (Å²) in [6.07, 6.45) is 14.8. The van der Waals surface area contributed by atoms with Crippen LogP contribution in [0.2, 0.25) is 0 Å². The van der Waals surface area contributed by atoms with Gasteiger partial charge in [-0.3, -0.25) is 14.4 Å². The largest absolute Gasteiger partial charge is 0.508 e. The number of nitrogens with one attached hydrogen (secondary N) is 1. The second-order valence-corrected chi connectivity index (χ2v) is 20.2. The number of nitrogens with zero attached hydrogens (tertiary/aromatic N) is 2. The maximum absolute atomic E-state index is 14.3. The van der Waals surface area contributed by atoms with E-state index in [1.165, 1.54) is 41.5 Å². The van der Waals surface area contributed by atoms with Gasteiger partial charge in [-0.15, -0.1) is 0 Å². The predicted octanol–water partition coefficient (Wildman–Crippen LogP) is 8.68. The van der Waals surface area contributed by atoms with E-state index in [0.717, 1.165) is 25.7 Å². The normalized spacial score (nSPS) is 22.6. The van der Waals surface area contributed by atoms with Crippen LogP contribution in [0.5, 0.6) is 23.0 Å². The summed E-state index contributed by atoms with van der Waals surface area (Å²) < 4.78 is 18.1. The van der Waals surface area contributed by atoms with Gasteiger partial charge in [0.2, 0.25) is 0 Å². The number of phenolic OH excluding ortho intramolecular Hbond substituents is 2. The van der Waals surface area contributed by atoms with Crippen LogP contribution in [0, 0.1) is 0 Å². The zero-order chi connectivity index (χ0) is 48.8. The Morgan fingerprint density at radius 1 is 0.761 bits per heavy atom. The monoisotopic (exact) mass is 926 g/mol. The van der Waals surface area contributed by atoms with Crippen molar-refractivity contribution in [2.75, 3.05) is 26.7 Å². The van der Waals surface area contributed by atoms with Crippen molar-refractivity contribution in [3.05, 3.63) is 92.1 Å². The lowest BCUT2D eigenvalue weighted by Crippen LogP contribution is -2.49. The summed E-state index contributed by atoms with van der Waals surface area (Å²) in [6, 6.07) is 2.54. The number of methoxy groups -OCH3 is 1. The molecule has 366 valence electrons. The van der Waals surface area contributed by atoms with Gasteiger partial charge < -0.3 is 49.8 Å². The minimum atomic E-state index is -0.954. The smallest absolute Gasteiger partial charge is 0.319 e. The second-order valence-electron chi connectivity index (χ2n) is 20.2. The quantitative estimate of drug-likeness (QED) is 0.0598. The van der Waals surface area contributed by atoms with Crippen molar-refractivity contribution in [1.29, 1.82) is 0 Å². The van der Waals surface area contributed by atoms with Crippen LogP contribution in [-0.2, 0) is 35.5 Å². The van der Waals surface area contributed by atoms with E-state index in [-0.39, 0.29) is 62.3 Å². The fourth-order valence-electron chi connectivity index (χ4n) is 9.85. The molecule has 0 aromatic heterocycles. The van der Waals surface area contributed by atoms with Crippen molar-refractivity contribution in [1.82, 2.24) is 15.1 Å². The summed E-state index contributed by atoms with van der Waals surface area (Å²) >= 11 is 0. The highest BCUT2D eigenvalue weighted by molar-refractivity contribution is 6.01. The SMILES string of the molecule is COC(=O)CNC[C@H](CCCN1Cc2c(cc(O)c3c2O[C@](C)(CC/C=C(\C)CCC=C(C)C)[C@@H](O)C3)C1=O)N1Cc2c(cc(O)c3c2O[C@](C)(CC/C=C(\C)CCC=C(C)C)[C@@H](O)C3)C1=O. The van der Waals surface area contributed by atoms with E-state index >= 15 is 0 Å². The summed E-state index contributed by atoms with van der Waals surface area (Å²) in [6.45, 7) is 17.4. The highest BCUT2D eigenvalue weighted by Crippen LogP contribution is 2.48. The van der Waals surface area contributed by atoms with E-state index in [9.17, 15) is 34.8 Å². The first-order valence-corrected chi connectivity index (χ1v) is 24.2. The van der Waals surface area contributed by atoms with Gasteiger partial charge in [-0.25, -0.2) is 0 Å². The Hall–Kier alpha value is -5.11. The van der Waals surface area contributed by atoms with Gasteiger partial charge in [0.25, 0.3) is 11.8 Å². The predicted molar refractivity (Wildman–Crippen MR) is 260 cm³/mol. The fourth-order valence-corrected chi connectivity index (χ4v) is 9.85. The van der Waals surface area contributed by atoms with Gasteiger partial charge in [0, 0.05) is 54.2 Å². The number of benzene rings is 2. The number of rotatable bonds is 21. The molecule has 0 saturated heterocycles. The molecule has 4 heterocycles. The van der Waals surface area contributed by atoms with Crippen molar-refractivity contribution in [2.24, 2.45) is 0 Å². The second kappa shape index (κ2) is 21.9. The molecule has 5 N–H and O–H groups in total. The van der Waals surface area contributed by atoms with Crippen LogP contribution < -0.4 is 14.8 Å². The third kappa shape index (κ3) is 12.0.